The zero-order valence-electron chi connectivity index (χ0n) is 14.0. The van der Waals surface area contributed by atoms with Crippen LogP contribution in [-0.4, -0.2) is 42.1 Å². The van der Waals surface area contributed by atoms with Crippen LogP contribution in [0.25, 0.3) is 10.9 Å². The Balaban J connectivity index is 1.51. The third kappa shape index (κ3) is 4.02. The number of fused-ring (bicyclic) bond motifs is 1. The molecule has 2 heterocycles. The maximum atomic E-state index is 4.33. The first-order valence-electron chi connectivity index (χ1n) is 8.39. The molecule has 1 fully saturated rings. The molecule has 1 saturated heterocycles. The van der Waals surface area contributed by atoms with E-state index in [-0.39, 0.29) is 0 Å². The van der Waals surface area contributed by atoms with Crippen molar-refractivity contribution in [3.8, 4) is 0 Å². The molecular weight excluding hydrogens is 304 g/mol. The van der Waals surface area contributed by atoms with Crippen molar-refractivity contribution in [2.45, 2.75) is 31.4 Å². The highest BCUT2D eigenvalue weighted by atomic mass is 32.2. The van der Waals surface area contributed by atoms with Gasteiger partial charge in [-0.3, -0.25) is 4.99 Å². The minimum Gasteiger partial charge on any atom is -0.361 e. The molecule has 0 saturated carbocycles. The van der Waals surface area contributed by atoms with E-state index in [4.69, 9.17) is 0 Å². The zero-order valence-corrected chi connectivity index (χ0v) is 14.8. The van der Waals surface area contributed by atoms with Crippen LogP contribution in [-0.2, 0) is 6.42 Å². The second-order valence-electron chi connectivity index (χ2n) is 6.08. The van der Waals surface area contributed by atoms with E-state index in [1.807, 2.05) is 7.05 Å². The molecule has 2 aromatic rings. The molecule has 3 N–H and O–H groups in total. The Morgan fingerprint density at radius 3 is 3.09 bits per heavy atom. The fourth-order valence-corrected chi connectivity index (χ4v) is 4.40. The van der Waals surface area contributed by atoms with Crippen molar-refractivity contribution in [2.24, 2.45) is 4.99 Å². The Bertz CT molecular complexity index is 671. The number of benzene rings is 1. The number of aliphatic imine (C=N–C) groups is 1. The number of hydrogen-bond acceptors (Lipinski definition) is 2. The summed E-state index contributed by atoms with van der Waals surface area (Å²) in [5.41, 5.74) is 3.92. The largest absolute Gasteiger partial charge is 0.361 e. The molecule has 1 aliphatic rings. The standard InChI is InChI=1S/C18H26N4S/c1-13-5-3-7-16-17(13)14(11-21-16)8-9-20-18(19-2)22-12-15-6-4-10-23-15/h3,5,7,11,15,21H,4,6,8-10,12H2,1-2H3,(H2,19,20,22). The lowest BCUT2D eigenvalue weighted by Gasteiger charge is -2.14. The van der Waals surface area contributed by atoms with Gasteiger partial charge in [-0.25, -0.2) is 0 Å². The molecule has 1 atom stereocenters. The van der Waals surface area contributed by atoms with Crippen LogP contribution < -0.4 is 10.6 Å². The summed E-state index contributed by atoms with van der Waals surface area (Å²) in [5.74, 6) is 2.22. The highest BCUT2D eigenvalue weighted by Gasteiger charge is 2.15. The van der Waals surface area contributed by atoms with Crippen molar-refractivity contribution in [1.82, 2.24) is 15.6 Å². The fraction of sp³-hybridized carbons (Fsp3) is 0.500. The van der Waals surface area contributed by atoms with Crippen LogP contribution in [0.4, 0.5) is 0 Å². The highest BCUT2D eigenvalue weighted by molar-refractivity contribution is 8.00. The Hall–Kier alpha value is -1.62. The molecule has 0 radical (unpaired) electrons. The van der Waals surface area contributed by atoms with Gasteiger partial charge in [0.15, 0.2) is 5.96 Å². The van der Waals surface area contributed by atoms with Crippen LogP contribution in [0.5, 0.6) is 0 Å². The van der Waals surface area contributed by atoms with Crippen LogP contribution in [0.2, 0.25) is 0 Å². The number of aryl methyl sites for hydroxylation is 1. The number of nitrogens with zero attached hydrogens (tertiary/aromatic N) is 1. The zero-order chi connectivity index (χ0) is 16.1. The SMILES string of the molecule is CN=C(NCCc1c[nH]c2cccc(C)c12)NCC1CCCS1. The van der Waals surface area contributed by atoms with Gasteiger partial charge in [0.1, 0.15) is 0 Å². The second kappa shape index (κ2) is 7.77. The van der Waals surface area contributed by atoms with E-state index in [1.54, 1.807) is 0 Å². The van der Waals surface area contributed by atoms with E-state index < -0.39 is 0 Å². The second-order valence-corrected chi connectivity index (χ2v) is 7.48. The normalized spacial score (nSPS) is 18.5. The van der Waals surface area contributed by atoms with E-state index in [0.717, 1.165) is 30.7 Å². The maximum Gasteiger partial charge on any atom is 0.191 e. The number of guanidine groups is 1. The van der Waals surface area contributed by atoms with Crippen LogP contribution in [0, 0.1) is 6.92 Å². The molecule has 0 spiro atoms. The summed E-state index contributed by atoms with van der Waals surface area (Å²) < 4.78 is 0. The lowest BCUT2D eigenvalue weighted by molar-refractivity contribution is 0.724. The molecule has 4 nitrogen and oxygen atoms in total. The predicted octanol–water partition coefficient (Wildman–Crippen LogP) is 3.08. The van der Waals surface area contributed by atoms with Gasteiger partial charge in [0.2, 0.25) is 0 Å². The number of H-pyrrole nitrogens is 1. The van der Waals surface area contributed by atoms with Crippen molar-refractivity contribution in [3.63, 3.8) is 0 Å². The molecule has 0 aliphatic carbocycles. The fourth-order valence-electron chi connectivity index (χ4n) is 3.20. The first kappa shape index (κ1) is 16.2. The Morgan fingerprint density at radius 1 is 1.39 bits per heavy atom. The third-order valence-electron chi connectivity index (χ3n) is 4.43. The Labute approximate surface area is 142 Å². The minimum absolute atomic E-state index is 0.741. The number of aromatic amines is 1. The number of thioether (sulfide) groups is 1. The average Bonchev–Trinajstić information content (AvgIpc) is 3.21. The summed E-state index contributed by atoms with van der Waals surface area (Å²) in [6.07, 6.45) is 5.79. The van der Waals surface area contributed by atoms with E-state index >= 15 is 0 Å². The molecule has 124 valence electrons. The number of hydrogen-bond donors (Lipinski definition) is 3. The van der Waals surface area contributed by atoms with E-state index in [2.05, 4.69) is 63.7 Å². The van der Waals surface area contributed by atoms with Crippen LogP contribution in [0.15, 0.2) is 29.4 Å². The van der Waals surface area contributed by atoms with E-state index in [1.165, 1.54) is 40.6 Å². The smallest absolute Gasteiger partial charge is 0.191 e. The molecule has 1 aromatic heterocycles. The van der Waals surface area contributed by atoms with Crippen LogP contribution in [0.1, 0.15) is 24.0 Å². The molecule has 1 aliphatic heterocycles. The number of nitrogens with one attached hydrogen (secondary N) is 3. The molecule has 23 heavy (non-hydrogen) atoms. The quantitative estimate of drug-likeness (QED) is 0.583. The molecule has 1 aromatic carbocycles. The Morgan fingerprint density at radius 2 is 2.30 bits per heavy atom. The van der Waals surface area contributed by atoms with E-state index in [0.29, 0.717) is 0 Å². The summed E-state index contributed by atoms with van der Waals surface area (Å²) in [4.78, 5) is 7.69. The minimum atomic E-state index is 0.741. The van der Waals surface area contributed by atoms with Crippen molar-refractivity contribution in [1.29, 1.82) is 0 Å². The summed E-state index contributed by atoms with van der Waals surface area (Å²) in [7, 11) is 1.84. The van der Waals surface area contributed by atoms with Gasteiger partial charge >= 0.3 is 0 Å². The summed E-state index contributed by atoms with van der Waals surface area (Å²) >= 11 is 2.07. The summed E-state index contributed by atoms with van der Waals surface area (Å²) in [6.45, 7) is 4.07. The van der Waals surface area contributed by atoms with Gasteiger partial charge in [0.05, 0.1) is 0 Å². The lowest BCUT2D eigenvalue weighted by atomic mass is 10.1. The molecule has 0 bridgehead atoms. The van der Waals surface area contributed by atoms with Gasteiger partial charge < -0.3 is 15.6 Å². The van der Waals surface area contributed by atoms with Crippen LogP contribution in [0.3, 0.4) is 0 Å². The molecule has 1 unspecified atom stereocenters. The monoisotopic (exact) mass is 330 g/mol. The number of rotatable bonds is 5. The first-order chi connectivity index (χ1) is 11.3. The summed E-state index contributed by atoms with van der Waals surface area (Å²) in [5, 5.41) is 8.98. The van der Waals surface area contributed by atoms with Crippen molar-refractivity contribution in [3.05, 3.63) is 35.5 Å². The topological polar surface area (TPSA) is 52.2 Å². The molecule has 5 heteroatoms. The lowest BCUT2D eigenvalue weighted by Crippen LogP contribution is -2.40. The first-order valence-corrected chi connectivity index (χ1v) is 9.44. The van der Waals surface area contributed by atoms with Gasteiger partial charge in [0.25, 0.3) is 0 Å². The number of aromatic nitrogens is 1. The highest BCUT2D eigenvalue weighted by Crippen LogP contribution is 2.25. The van der Waals surface area contributed by atoms with Crippen molar-refractivity contribution in [2.75, 3.05) is 25.9 Å². The Kier molecular flexibility index (Phi) is 5.49. The van der Waals surface area contributed by atoms with Crippen LogP contribution >= 0.6 is 11.8 Å². The van der Waals surface area contributed by atoms with Gasteiger partial charge in [0, 0.05) is 42.5 Å². The van der Waals surface area contributed by atoms with E-state index in [9.17, 15) is 0 Å². The van der Waals surface area contributed by atoms with Crippen molar-refractivity contribution >= 4 is 28.6 Å². The third-order valence-corrected chi connectivity index (χ3v) is 5.83. The average molecular weight is 331 g/mol. The molecule has 0 amide bonds. The summed E-state index contributed by atoms with van der Waals surface area (Å²) in [6, 6.07) is 6.41. The molecule has 3 rings (SSSR count). The van der Waals surface area contributed by atoms with Gasteiger partial charge in [-0.15, -0.1) is 0 Å². The van der Waals surface area contributed by atoms with Gasteiger partial charge in [-0.2, -0.15) is 11.8 Å². The van der Waals surface area contributed by atoms with Gasteiger partial charge in [-0.1, -0.05) is 12.1 Å². The predicted molar refractivity (Wildman–Crippen MR) is 102 cm³/mol. The molecular formula is C18H26N4S. The van der Waals surface area contributed by atoms with Gasteiger partial charge in [-0.05, 0) is 49.1 Å². The van der Waals surface area contributed by atoms with Crippen molar-refractivity contribution < 1.29 is 0 Å². The maximum absolute atomic E-state index is 4.33.